The minimum absolute atomic E-state index is 0.185. The highest BCUT2D eigenvalue weighted by atomic mass is 32.1. The fourth-order valence-corrected chi connectivity index (χ4v) is 7.34. The van der Waals surface area contributed by atoms with Crippen LogP contribution in [-0.2, 0) is 11.8 Å². The molecule has 1 aliphatic rings. The Morgan fingerprint density at radius 3 is 2.08 bits per heavy atom. The molecule has 0 radical (unpaired) electrons. The first-order valence-electron chi connectivity index (χ1n) is 14.0. The summed E-state index contributed by atoms with van der Waals surface area (Å²) in [5, 5.41) is 11.7. The maximum absolute atomic E-state index is 11.7. The molecule has 3 aromatic carbocycles. The van der Waals surface area contributed by atoms with E-state index in [-0.39, 0.29) is 16.0 Å². The highest BCUT2D eigenvalue weighted by molar-refractivity contribution is 7.18. The van der Waals surface area contributed by atoms with Gasteiger partial charge in [0.2, 0.25) is 0 Å². The molecule has 0 spiro atoms. The predicted molar refractivity (Wildman–Crippen MR) is 161 cm³/mol. The van der Waals surface area contributed by atoms with Crippen molar-refractivity contribution < 1.29 is 4.92 Å². The van der Waals surface area contributed by atoms with E-state index in [9.17, 15) is 10.1 Å². The lowest BCUT2D eigenvalue weighted by Gasteiger charge is -2.34. The average Bonchev–Trinajstić information content (AvgIpc) is 3.50. The smallest absolute Gasteiger partial charge is 0.258 e. The molecular formula is C34H37NO2S. The van der Waals surface area contributed by atoms with Crippen LogP contribution in [0.4, 0.5) is 5.69 Å². The Balaban J connectivity index is 1.55. The Kier molecular flexibility index (Phi) is 7.54. The van der Waals surface area contributed by atoms with E-state index >= 15 is 0 Å². The lowest BCUT2D eigenvalue weighted by atomic mass is 9.69. The molecule has 0 fully saturated rings. The molecular weight excluding hydrogens is 486 g/mol. The van der Waals surface area contributed by atoms with E-state index in [4.69, 9.17) is 0 Å². The van der Waals surface area contributed by atoms with Crippen molar-refractivity contribution in [2.45, 2.75) is 71.6 Å². The summed E-state index contributed by atoms with van der Waals surface area (Å²) in [5.41, 5.74) is 8.72. The standard InChI is InChI=1S/C34H37NO2S/c1-5-7-8-24-9-11-25(12-10-24)32-17-18-33(38-32)26-13-15-28-29-16-14-27(35(36)37)21-31(29)34(19-6-2,22-23(3)4)30(28)20-26/h9-18,20-21,23H,5-8,19,22H2,1-4H3. The van der Waals surface area contributed by atoms with Gasteiger partial charge in [0.05, 0.1) is 4.92 Å². The molecule has 4 aromatic rings. The van der Waals surface area contributed by atoms with Gasteiger partial charge in [0.25, 0.3) is 5.69 Å². The highest BCUT2D eigenvalue weighted by Gasteiger charge is 2.43. The van der Waals surface area contributed by atoms with Gasteiger partial charge in [-0.15, -0.1) is 11.3 Å². The number of unbranched alkanes of at least 4 members (excludes halogenated alkanes) is 1. The molecule has 1 aromatic heterocycles. The number of nitrogens with zero attached hydrogens (tertiary/aromatic N) is 1. The number of thiophene rings is 1. The second-order valence-electron chi connectivity index (χ2n) is 11.1. The zero-order chi connectivity index (χ0) is 26.9. The number of nitro benzene ring substituents is 1. The van der Waals surface area contributed by atoms with Gasteiger partial charge >= 0.3 is 0 Å². The van der Waals surface area contributed by atoms with Gasteiger partial charge in [0.1, 0.15) is 0 Å². The van der Waals surface area contributed by atoms with Gasteiger partial charge < -0.3 is 0 Å². The molecule has 0 aliphatic heterocycles. The van der Waals surface area contributed by atoms with E-state index in [0.717, 1.165) is 36.8 Å². The molecule has 0 N–H and O–H groups in total. The van der Waals surface area contributed by atoms with Crippen LogP contribution in [0.25, 0.3) is 32.0 Å². The van der Waals surface area contributed by atoms with Crippen LogP contribution >= 0.6 is 11.3 Å². The van der Waals surface area contributed by atoms with Crippen LogP contribution in [0.5, 0.6) is 0 Å². The summed E-state index contributed by atoms with van der Waals surface area (Å²) < 4.78 is 0. The van der Waals surface area contributed by atoms with E-state index in [1.807, 2.05) is 23.5 Å². The molecule has 196 valence electrons. The van der Waals surface area contributed by atoms with Crippen LogP contribution < -0.4 is 0 Å². The van der Waals surface area contributed by atoms with Crippen molar-refractivity contribution in [2.24, 2.45) is 5.92 Å². The van der Waals surface area contributed by atoms with Gasteiger partial charge in [0, 0.05) is 27.3 Å². The van der Waals surface area contributed by atoms with Crippen LogP contribution in [0, 0.1) is 16.0 Å². The minimum Gasteiger partial charge on any atom is -0.258 e. The Bertz CT molecular complexity index is 1450. The summed E-state index contributed by atoms with van der Waals surface area (Å²) in [4.78, 5) is 14.0. The molecule has 0 bridgehead atoms. The number of benzene rings is 3. The third-order valence-corrected chi connectivity index (χ3v) is 9.12. The Morgan fingerprint density at radius 1 is 0.816 bits per heavy atom. The number of hydrogen-bond acceptors (Lipinski definition) is 3. The molecule has 1 aliphatic carbocycles. The van der Waals surface area contributed by atoms with Crippen LogP contribution in [0.1, 0.15) is 76.5 Å². The number of aryl methyl sites for hydroxylation is 1. The number of nitro groups is 1. The Morgan fingerprint density at radius 2 is 1.45 bits per heavy atom. The number of hydrogen-bond donors (Lipinski definition) is 0. The summed E-state index contributed by atoms with van der Waals surface area (Å²) in [6.45, 7) is 8.98. The quantitative estimate of drug-likeness (QED) is 0.153. The molecule has 5 rings (SSSR count). The summed E-state index contributed by atoms with van der Waals surface area (Å²) in [6, 6.07) is 25.8. The lowest BCUT2D eigenvalue weighted by Crippen LogP contribution is -2.27. The number of rotatable bonds is 10. The average molecular weight is 524 g/mol. The van der Waals surface area contributed by atoms with Gasteiger partial charge in [-0.3, -0.25) is 10.1 Å². The fraction of sp³-hybridized carbons (Fsp3) is 0.353. The highest BCUT2D eigenvalue weighted by Crippen LogP contribution is 2.56. The van der Waals surface area contributed by atoms with Crippen LogP contribution in [0.15, 0.2) is 72.8 Å². The van der Waals surface area contributed by atoms with Crippen molar-refractivity contribution in [3.63, 3.8) is 0 Å². The molecule has 4 heteroatoms. The van der Waals surface area contributed by atoms with Crippen molar-refractivity contribution in [1.82, 2.24) is 0 Å². The first kappa shape index (κ1) is 26.4. The van der Waals surface area contributed by atoms with E-state index in [0.29, 0.717) is 5.92 Å². The summed E-state index contributed by atoms with van der Waals surface area (Å²) in [7, 11) is 0. The monoisotopic (exact) mass is 523 g/mol. The summed E-state index contributed by atoms with van der Waals surface area (Å²) >= 11 is 1.84. The Hall–Kier alpha value is -3.24. The molecule has 1 unspecified atom stereocenters. The molecule has 38 heavy (non-hydrogen) atoms. The van der Waals surface area contributed by atoms with E-state index in [1.54, 1.807) is 6.07 Å². The third-order valence-electron chi connectivity index (χ3n) is 7.94. The van der Waals surface area contributed by atoms with Crippen molar-refractivity contribution >= 4 is 17.0 Å². The van der Waals surface area contributed by atoms with Crippen molar-refractivity contribution in [3.8, 4) is 32.0 Å². The zero-order valence-corrected chi connectivity index (χ0v) is 23.7. The molecule has 0 saturated carbocycles. The minimum atomic E-state index is -0.260. The predicted octanol–water partition coefficient (Wildman–Crippen LogP) is 10.4. The molecule has 0 amide bonds. The number of non-ortho nitro benzene ring substituents is 1. The zero-order valence-electron chi connectivity index (χ0n) is 22.9. The first-order chi connectivity index (χ1) is 18.4. The summed E-state index contributed by atoms with van der Waals surface area (Å²) in [5.74, 6) is 0.469. The SMILES string of the molecule is CCCCc1ccc(-c2ccc(-c3ccc4c(c3)C(CCC)(CC(C)C)c3cc([N+](=O)[O-])ccc3-4)s2)cc1. The molecule has 1 heterocycles. The van der Waals surface area contributed by atoms with Crippen LogP contribution in [0.3, 0.4) is 0 Å². The fourth-order valence-electron chi connectivity index (χ4n) is 6.33. The van der Waals surface area contributed by atoms with Crippen LogP contribution in [-0.4, -0.2) is 4.92 Å². The maximum Gasteiger partial charge on any atom is 0.269 e. The van der Waals surface area contributed by atoms with E-state index in [2.05, 4.69) is 82.3 Å². The number of fused-ring (bicyclic) bond motifs is 3. The second-order valence-corrected chi connectivity index (χ2v) is 12.2. The maximum atomic E-state index is 11.7. The third kappa shape index (κ3) is 4.82. The van der Waals surface area contributed by atoms with Crippen molar-refractivity contribution in [1.29, 1.82) is 0 Å². The summed E-state index contributed by atoms with van der Waals surface area (Å²) in [6.07, 6.45) is 6.57. The van der Waals surface area contributed by atoms with Gasteiger partial charge in [-0.05, 0) is 94.8 Å². The lowest BCUT2D eigenvalue weighted by molar-refractivity contribution is -0.384. The molecule has 1 atom stereocenters. The van der Waals surface area contributed by atoms with E-state index < -0.39 is 0 Å². The van der Waals surface area contributed by atoms with E-state index in [1.165, 1.54) is 50.4 Å². The normalized spacial score (nSPS) is 16.0. The second kappa shape index (κ2) is 10.9. The first-order valence-corrected chi connectivity index (χ1v) is 14.8. The molecule has 3 nitrogen and oxygen atoms in total. The van der Waals surface area contributed by atoms with Gasteiger partial charge in [-0.1, -0.05) is 76.9 Å². The Labute approximate surface area is 230 Å². The largest absolute Gasteiger partial charge is 0.269 e. The topological polar surface area (TPSA) is 43.1 Å². The van der Waals surface area contributed by atoms with Gasteiger partial charge in [0.15, 0.2) is 0 Å². The molecule has 0 saturated heterocycles. The van der Waals surface area contributed by atoms with Crippen molar-refractivity contribution in [2.75, 3.05) is 0 Å². The van der Waals surface area contributed by atoms with Gasteiger partial charge in [-0.25, -0.2) is 0 Å². The van der Waals surface area contributed by atoms with Gasteiger partial charge in [-0.2, -0.15) is 0 Å². The van der Waals surface area contributed by atoms with Crippen molar-refractivity contribution in [3.05, 3.63) is 99.6 Å². The van der Waals surface area contributed by atoms with Crippen LogP contribution in [0.2, 0.25) is 0 Å².